The summed E-state index contributed by atoms with van der Waals surface area (Å²) in [5.41, 5.74) is 4.55. The number of amides is 1. The average molecular weight is 201 g/mol. The highest BCUT2D eigenvalue weighted by molar-refractivity contribution is 5.96. The van der Waals surface area contributed by atoms with Gasteiger partial charge in [-0.1, -0.05) is 11.6 Å². The van der Waals surface area contributed by atoms with Crippen molar-refractivity contribution in [3.63, 3.8) is 0 Å². The lowest BCUT2D eigenvalue weighted by atomic mass is 10.1. The van der Waals surface area contributed by atoms with Gasteiger partial charge in [0.1, 0.15) is 0 Å². The smallest absolute Gasteiger partial charge is 0.266 e. The fourth-order valence-electron chi connectivity index (χ4n) is 1.46. The predicted molar refractivity (Wildman–Crippen MR) is 58.1 cm³/mol. The summed E-state index contributed by atoms with van der Waals surface area (Å²) >= 11 is 0. The molecule has 2 rings (SSSR count). The Bertz CT molecular complexity index is 522. The number of fused-ring (bicyclic) bond motifs is 1. The molecule has 1 heterocycles. The first-order chi connectivity index (χ1) is 7.20. The number of nitrogens with two attached hydrogens (primary N) is 1. The van der Waals surface area contributed by atoms with Crippen LogP contribution in [0.1, 0.15) is 15.9 Å². The van der Waals surface area contributed by atoms with Crippen LogP contribution >= 0.6 is 0 Å². The SMILES string of the molecule is Cc1ccc2ncc(C(=O)NN)cc2c1. The fraction of sp³-hybridized carbons (Fsp3) is 0.0909. The van der Waals surface area contributed by atoms with Crippen LogP contribution in [0.15, 0.2) is 30.5 Å². The number of hydrogen-bond acceptors (Lipinski definition) is 3. The molecule has 0 aliphatic heterocycles. The van der Waals surface area contributed by atoms with E-state index in [-0.39, 0.29) is 5.91 Å². The van der Waals surface area contributed by atoms with Crippen LogP contribution in [-0.2, 0) is 0 Å². The van der Waals surface area contributed by atoms with E-state index >= 15 is 0 Å². The highest BCUT2D eigenvalue weighted by Gasteiger charge is 2.04. The fourth-order valence-corrected chi connectivity index (χ4v) is 1.46. The van der Waals surface area contributed by atoms with E-state index in [4.69, 9.17) is 5.84 Å². The third-order valence-electron chi connectivity index (χ3n) is 2.23. The number of aryl methyl sites for hydroxylation is 1. The Morgan fingerprint density at radius 2 is 2.20 bits per heavy atom. The molecule has 0 fully saturated rings. The molecule has 1 amide bonds. The Morgan fingerprint density at radius 3 is 2.93 bits per heavy atom. The number of nitrogens with one attached hydrogen (secondary N) is 1. The average Bonchev–Trinajstić information content (AvgIpc) is 2.27. The molecule has 0 saturated heterocycles. The van der Waals surface area contributed by atoms with Crippen molar-refractivity contribution in [3.05, 3.63) is 41.6 Å². The zero-order chi connectivity index (χ0) is 10.8. The van der Waals surface area contributed by atoms with E-state index in [0.29, 0.717) is 5.56 Å². The first-order valence-corrected chi connectivity index (χ1v) is 4.58. The molecule has 15 heavy (non-hydrogen) atoms. The molecule has 0 spiro atoms. The number of rotatable bonds is 1. The highest BCUT2D eigenvalue weighted by atomic mass is 16.2. The summed E-state index contributed by atoms with van der Waals surface area (Å²) < 4.78 is 0. The van der Waals surface area contributed by atoms with Crippen molar-refractivity contribution in [3.8, 4) is 0 Å². The van der Waals surface area contributed by atoms with E-state index in [0.717, 1.165) is 16.5 Å². The van der Waals surface area contributed by atoms with Gasteiger partial charge in [0, 0.05) is 11.6 Å². The van der Waals surface area contributed by atoms with Gasteiger partial charge in [0.15, 0.2) is 0 Å². The van der Waals surface area contributed by atoms with Crippen LogP contribution in [-0.4, -0.2) is 10.9 Å². The van der Waals surface area contributed by atoms with Crippen LogP contribution in [0.5, 0.6) is 0 Å². The Hall–Kier alpha value is -1.94. The zero-order valence-corrected chi connectivity index (χ0v) is 8.32. The highest BCUT2D eigenvalue weighted by Crippen LogP contribution is 2.14. The second kappa shape index (κ2) is 3.67. The molecule has 3 N–H and O–H groups in total. The van der Waals surface area contributed by atoms with Gasteiger partial charge in [-0.2, -0.15) is 0 Å². The van der Waals surface area contributed by atoms with Gasteiger partial charge in [0.25, 0.3) is 5.91 Å². The lowest BCUT2D eigenvalue weighted by Crippen LogP contribution is -2.30. The number of carbonyl (C=O) groups excluding carboxylic acids is 1. The number of pyridine rings is 1. The zero-order valence-electron chi connectivity index (χ0n) is 8.32. The van der Waals surface area contributed by atoms with Crippen molar-refractivity contribution in [2.45, 2.75) is 6.92 Å². The number of nitrogens with zero attached hydrogens (tertiary/aromatic N) is 1. The second-order valence-electron chi connectivity index (χ2n) is 3.39. The number of aromatic nitrogens is 1. The van der Waals surface area contributed by atoms with E-state index in [1.54, 1.807) is 6.07 Å². The minimum atomic E-state index is -0.328. The van der Waals surface area contributed by atoms with Gasteiger partial charge in [0.05, 0.1) is 11.1 Å². The Labute approximate surface area is 87.1 Å². The predicted octanol–water partition coefficient (Wildman–Crippen LogP) is 1.15. The maximum atomic E-state index is 11.3. The summed E-state index contributed by atoms with van der Waals surface area (Å²) in [6, 6.07) is 7.67. The van der Waals surface area contributed by atoms with Gasteiger partial charge >= 0.3 is 0 Å². The van der Waals surface area contributed by atoms with Gasteiger partial charge < -0.3 is 0 Å². The number of nitrogen functional groups attached to an aromatic ring is 1. The van der Waals surface area contributed by atoms with Gasteiger partial charge in [-0.05, 0) is 25.1 Å². The third-order valence-corrected chi connectivity index (χ3v) is 2.23. The van der Waals surface area contributed by atoms with E-state index in [1.165, 1.54) is 6.20 Å². The second-order valence-corrected chi connectivity index (χ2v) is 3.39. The van der Waals surface area contributed by atoms with Gasteiger partial charge in [-0.3, -0.25) is 15.2 Å². The minimum Gasteiger partial charge on any atom is -0.290 e. The molecule has 0 atom stereocenters. The number of hydrogen-bond donors (Lipinski definition) is 2. The molecule has 1 aromatic carbocycles. The molecule has 1 aromatic heterocycles. The summed E-state index contributed by atoms with van der Waals surface area (Å²) in [5, 5.41) is 0.941. The normalized spacial score (nSPS) is 10.3. The van der Waals surface area contributed by atoms with Gasteiger partial charge in [-0.15, -0.1) is 0 Å². The summed E-state index contributed by atoms with van der Waals surface area (Å²) in [7, 11) is 0. The number of hydrazine groups is 1. The summed E-state index contributed by atoms with van der Waals surface area (Å²) in [6.45, 7) is 2.00. The lowest BCUT2D eigenvalue weighted by molar-refractivity contribution is 0.0953. The van der Waals surface area contributed by atoms with Crippen LogP contribution in [0.25, 0.3) is 10.9 Å². The van der Waals surface area contributed by atoms with Crippen LogP contribution < -0.4 is 11.3 Å². The van der Waals surface area contributed by atoms with Gasteiger partial charge in [0.2, 0.25) is 0 Å². The molecule has 0 unspecified atom stereocenters. The Morgan fingerprint density at radius 1 is 1.40 bits per heavy atom. The van der Waals surface area contributed by atoms with E-state index in [1.807, 2.05) is 25.1 Å². The van der Waals surface area contributed by atoms with Crippen LogP contribution in [0.3, 0.4) is 0 Å². The van der Waals surface area contributed by atoms with Crippen molar-refractivity contribution in [2.75, 3.05) is 0 Å². The molecule has 0 aliphatic rings. The number of benzene rings is 1. The third kappa shape index (κ3) is 1.80. The monoisotopic (exact) mass is 201 g/mol. The van der Waals surface area contributed by atoms with E-state index in [9.17, 15) is 4.79 Å². The molecular weight excluding hydrogens is 190 g/mol. The molecular formula is C11H11N3O. The van der Waals surface area contributed by atoms with Crippen molar-refractivity contribution >= 4 is 16.8 Å². The summed E-state index contributed by atoms with van der Waals surface area (Å²) in [4.78, 5) is 15.4. The van der Waals surface area contributed by atoms with Crippen LogP contribution in [0.2, 0.25) is 0 Å². The quantitative estimate of drug-likeness (QED) is 0.413. The van der Waals surface area contributed by atoms with Crippen molar-refractivity contribution in [1.82, 2.24) is 10.4 Å². The molecule has 2 aromatic rings. The number of carbonyl (C=O) groups is 1. The molecule has 4 heteroatoms. The van der Waals surface area contributed by atoms with Crippen LogP contribution in [0.4, 0.5) is 0 Å². The summed E-state index contributed by atoms with van der Waals surface area (Å²) in [5.74, 6) is 4.72. The van der Waals surface area contributed by atoms with Crippen molar-refractivity contribution in [1.29, 1.82) is 0 Å². The van der Waals surface area contributed by atoms with E-state index < -0.39 is 0 Å². The first-order valence-electron chi connectivity index (χ1n) is 4.58. The van der Waals surface area contributed by atoms with E-state index in [2.05, 4.69) is 10.4 Å². The molecule has 76 valence electrons. The maximum Gasteiger partial charge on any atom is 0.266 e. The molecule has 0 saturated carbocycles. The largest absolute Gasteiger partial charge is 0.290 e. The molecule has 4 nitrogen and oxygen atoms in total. The minimum absolute atomic E-state index is 0.328. The summed E-state index contributed by atoms with van der Waals surface area (Å²) in [6.07, 6.45) is 1.51. The van der Waals surface area contributed by atoms with Crippen molar-refractivity contribution < 1.29 is 4.79 Å². The molecule has 0 radical (unpaired) electrons. The molecule has 0 aliphatic carbocycles. The molecule has 0 bridgehead atoms. The topological polar surface area (TPSA) is 68.0 Å². The first kappa shape index (κ1) is 9.61. The Balaban J connectivity index is 2.59. The van der Waals surface area contributed by atoms with Gasteiger partial charge in [-0.25, -0.2) is 5.84 Å². The van der Waals surface area contributed by atoms with Crippen molar-refractivity contribution in [2.24, 2.45) is 5.84 Å². The lowest BCUT2D eigenvalue weighted by Gasteiger charge is -2.02. The Kier molecular flexibility index (Phi) is 2.35. The standard InChI is InChI=1S/C11H11N3O/c1-7-2-3-10-8(4-7)5-9(6-13-10)11(15)14-12/h2-6H,12H2,1H3,(H,14,15). The van der Waals surface area contributed by atoms with Crippen LogP contribution in [0, 0.1) is 6.92 Å². The maximum absolute atomic E-state index is 11.3.